The summed E-state index contributed by atoms with van der Waals surface area (Å²) >= 11 is 0. The maximum Gasteiger partial charge on any atom is 0.150 e. The van der Waals surface area contributed by atoms with Gasteiger partial charge in [0.05, 0.1) is 17.1 Å². The zero-order valence-electron chi connectivity index (χ0n) is 19.5. The number of aldehydes is 1. The quantitative estimate of drug-likeness (QED) is 0.218. The Morgan fingerprint density at radius 3 is 2.28 bits per heavy atom. The van der Waals surface area contributed by atoms with Crippen LogP contribution in [-0.2, 0) is 0 Å². The average Bonchev–Trinajstić information content (AvgIpc) is 2.84. The lowest BCUT2D eigenvalue weighted by Gasteiger charge is -2.18. The fourth-order valence-corrected chi connectivity index (χ4v) is 3.27. The van der Waals surface area contributed by atoms with E-state index in [1.807, 2.05) is 12.5 Å². The lowest BCUT2D eigenvalue weighted by Crippen LogP contribution is -2.14. The van der Waals surface area contributed by atoms with E-state index in [0.717, 1.165) is 18.4 Å². The van der Waals surface area contributed by atoms with E-state index in [2.05, 4.69) is 75.5 Å². The standard InChI is InChI=1S/C20H26N2.C7H7NO2/c1-6-14(2)20(22-18-12-8-7-10-15(18)3)17-11-9-13-19(21-5)16(17)4;9-5-6-1-3-7(8-10)4-2-6/h7-14,21H,6H2,1-5H3;1-5,8,10H. The van der Waals surface area contributed by atoms with Gasteiger partial charge in [-0.1, -0.05) is 44.2 Å². The molecule has 0 aliphatic heterocycles. The maximum absolute atomic E-state index is 10.1. The number of aliphatic imine (C=N–C) groups is 1. The monoisotopic (exact) mass is 431 g/mol. The van der Waals surface area contributed by atoms with Gasteiger partial charge in [0.15, 0.2) is 0 Å². The molecule has 3 aromatic rings. The second kappa shape index (κ2) is 12.4. The van der Waals surface area contributed by atoms with E-state index in [0.29, 0.717) is 17.2 Å². The van der Waals surface area contributed by atoms with E-state index in [1.54, 1.807) is 24.3 Å². The Labute approximate surface area is 191 Å². The lowest BCUT2D eigenvalue weighted by molar-refractivity contribution is 0.112. The number of rotatable bonds is 7. The molecule has 0 aliphatic carbocycles. The van der Waals surface area contributed by atoms with Crippen molar-refractivity contribution in [2.45, 2.75) is 34.1 Å². The van der Waals surface area contributed by atoms with E-state index in [9.17, 15) is 4.79 Å². The number of anilines is 2. The van der Waals surface area contributed by atoms with Gasteiger partial charge in [-0.25, -0.2) is 0 Å². The number of carbonyl (C=O) groups is 1. The van der Waals surface area contributed by atoms with E-state index in [-0.39, 0.29) is 0 Å². The molecular formula is C27H33N3O2. The first kappa shape index (κ1) is 24.8. The first-order valence-corrected chi connectivity index (χ1v) is 10.8. The van der Waals surface area contributed by atoms with Gasteiger partial charge in [0.25, 0.3) is 0 Å². The number of nitrogens with one attached hydrogen (secondary N) is 2. The van der Waals surface area contributed by atoms with Crippen molar-refractivity contribution in [3.63, 3.8) is 0 Å². The summed E-state index contributed by atoms with van der Waals surface area (Å²) in [7, 11) is 1.97. The molecule has 32 heavy (non-hydrogen) atoms. The lowest BCUT2D eigenvalue weighted by atomic mass is 9.92. The second-order valence-corrected chi connectivity index (χ2v) is 7.67. The Morgan fingerprint density at radius 2 is 1.72 bits per heavy atom. The molecule has 5 heteroatoms. The van der Waals surface area contributed by atoms with Crippen molar-refractivity contribution in [2.75, 3.05) is 17.8 Å². The molecule has 3 N–H and O–H groups in total. The van der Waals surface area contributed by atoms with Crippen LogP contribution in [0.25, 0.3) is 0 Å². The van der Waals surface area contributed by atoms with Gasteiger partial charge in [-0.05, 0) is 73.7 Å². The van der Waals surface area contributed by atoms with Crippen LogP contribution < -0.4 is 10.8 Å². The van der Waals surface area contributed by atoms with E-state index >= 15 is 0 Å². The van der Waals surface area contributed by atoms with Crippen LogP contribution in [-0.4, -0.2) is 24.3 Å². The highest BCUT2D eigenvalue weighted by molar-refractivity contribution is 6.05. The fourth-order valence-electron chi connectivity index (χ4n) is 3.27. The van der Waals surface area contributed by atoms with Crippen molar-refractivity contribution < 1.29 is 10.0 Å². The maximum atomic E-state index is 10.1. The summed E-state index contributed by atoms with van der Waals surface area (Å²) in [5, 5.41) is 11.6. The highest BCUT2D eigenvalue weighted by Gasteiger charge is 2.15. The van der Waals surface area contributed by atoms with Crippen molar-refractivity contribution in [1.82, 2.24) is 0 Å². The number of para-hydroxylation sites is 1. The van der Waals surface area contributed by atoms with Gasteiger partial charge in [0.1, 0.15) is 6.29 Å². The summed E-state index contributed by atoms with van der Waals surface area (Å²) in [4.78, 5) is 15.1. The smallest absolute Gasteiger partial charge is 0.150 e. The summed E-state index contributed by atoms with van der Waals surface area (Å²) < 4.78 is 0. The van der Waals surface area contributed by atoms with E-state index in [1.165, 1.54) is 28.1 Å². The summed E-state index contributed by atoms with van der Waals surface area (Å²) in [6.07, 6.45) is 1.83. The summed E-state index contributed by atoms with van der Waals surface area (Å²) in [5.74, 6) is 0.422. The zero-order valence-corrected chi connectivity index (χ0v) is 19.5. The Kier molecular flexibility index (Phi) is 9.64. The van der Waals surface area contributed by atoms with Gasteiger partial charge in [-0.2, -0.15) is 0 Å². The number of hydrogen-bond donors (Lipinski definition) is 3. The molecule has 0 heterocycles. The number of benzene rings is 3. The third-order valence-electron chi connectivity index (χ3n) is 5.49. The average molecular weight is 432 g/mol. The molecule has 0 amide bonds. The molecule has 0 aromatic heterocycles. The highest BCUT2D eigenvalue weighted by atomic mass is 16.5. The summed E-state index contributed by atoms with van der Waals surface area (Å²) in [5.41, 5.74) is 10.2. The topological polar surface area (TPSA) is 73.7 Å². The van der Waals surface area contributed by atoms with Crippen LogP contribution >= 0.6 is 0 Å². The van der Waals surface area contributed by atoms with Crippen molar-refractivity contribution in [1.29, 1.82) is 0 Å². The highest BCUT2D eigenvalue weighted by Crippen LogP contribution is 2.26. The molecule has 0 bridgehead atoms. The molecule has 0 saturated heterocycles. The molecule has 3 rings (SSSR count). The molecule has 1 unspecified atom stereocenters. The summed E-state index contributed by atoms with van der Waals surface area (Å²) in [6, 6.07) is 21.2. The van der Waals surface area contributed by atoms with E-state index in [4.69, 9.17) is 10.2 Å². The van der Waals surface area contributed by atoms with Gasteiger partial charge in [0, 0.05) is 23.9 Å². The van der Waals surface area contributed by atoms with Gasteiger partial charge in [-0.15, -0.1) is 0 Å². The fraction of sp³-hybridized carbons (Fsp3) is 0.259. The van der Waals surface area contributed by atoms with E-state index < -0.39 is 0 Å². The predicted molar refractivity (Wildman–Crippen MR) is 135 cm³/mol. The zero-order chi connectivity index (χ0) is 23.5. The van der Waals surface area contributed by atoms with Crippen LogP contribution in [0.4, 0.5) is 17.1 Å². The van der Waals surface area contributed by atoms with Crippen molar-refractivity contribution in [3.8, 4) is 0 Å². The van der Waals surface area contributed by atoms with Crippen LogP contribution in [0.5, 0.6) is 0 Å². The molecule has 0 spiro atoms. The first-order valence-electron chi connectivity index (χ1n) is 10.8. The molecule has 3 aromatic carbocycles. The number of nitrogens with zero attached hydrogens (tertiary/aromatic N) is 1. The normalized spacial score (nSPS) is 11.8. The van der Waals surface area contributed by atoms with Gasteiger partial charge >= 0.3 is 0 Å². The molecule has 0 aliphatic rings. The minimum Gasteiger partial charge on any atom is -0.388 e. The molecule has 5 nitrogen and oxygen atoms in total. The molecule has 0 saturated carbocycles. The van der Waals surface area contributed by atoms with Crippen molar-refractivity contribution >= 4 is 29.1 Å². The molecule has 1 atom stereocenters. The first-order chi connectivity index (χ1) is 15.4. The minimum atomic E-state index is 0.422. The third-order valence-corrected chi connectivity index (χ3v) is 5.49. The second-order valence-electron chi connectivity index (χ2n) is 7.67. The van der Waals surface area contributed by atoms with Crippen LogP contribution in [0.2, 0.25) is 0 Å². The Balaban J connectivity index is 0.000000303. The molecule has 0 fully saturated rings. The molecule has 0 radical (unpaired) electrons. The minimum absolute atomic E-state index is 0.422. The van der Waals surface area contributed by atoms with Crippen molar-refractivity contribution in [3.05, 3.63) is 89.0 Å². The molecular weight excluding hydrogens is 398 g/mol. The third kappa shape index (κ3) is 6.53. The molecule has 168 valence electrons. The Morgan fingerprint density at radius 1 is 1.03 bits per heavy atom. The summed E-state index contributed by atoms with van der Waals surface area (Å²) in [6.45, 7) is 8.75. The van der Waals surface area contributed by atoms with Crippen LogP contribution in [0.1, 0.15) is 47.3 Å². The van der Waals surface area contributed by atoms with Crippen LogP contribution in [0.15, 0.2) is 71.7 Å². The SMILES string of the molecule is CCC(C)C(=Nc1ccccc1C)c1cccc(NC)c1C.O=Cc1ccc(NO)cc1. The van der Waals surface area contributed by atoms with Gasteiger partial charge < -0.3 is 5.32 Å². The largest absolute Gasteiger partial charge is 0.388 e. The van der Waals surface area contributed by atoms with Crippen LogP contribution in [0.3, 0.4) is 0 Å². The number of aryl methyl sites for hydroxylation is 1. The Hall–Kier alpha value is -3.44. The van der Waals surface area contributed by atoms with Gasteiger partial charge in [0.2, 0.25) is 0 Å². The number of hydrogen-bond acceptors (Lipinski definition) is 5. The Bertz CT molecular complexity index is 1040. The van der Waals surface area contributed by atoms with Crippen LogP contribution in [0, 0.1) is 19.8 Å². The van der Waals surface area contributed by atoms with Crippen molar-refractivity contribution in [2.24, 2.45) is 10.9 Å². The number of carbonyl (C=O) groups excluding carboxylic acids is 1. The van der Waals surface area contributed by atoms with Gasteiger partial charge in [-0.3, -0.25) is 20.5 Å². The predicted octanol–water partition coefficient (Wildman–Crippen LogP) is 6.81.